The summed E-state index contributed by atoms with van der Waals surface area (Å²) in [6.07, 6.45) is 16.8. The fraction of sp³-hybridized carbons (Fsp3) is 0.967. The van der Waals surface area contributed by atoms with Crippen molar-refractivity contribution in [3.05, 3.63) is 0 Å². The molecule has 0 aromatic carbocycles. The zero-order valence-corrected chi connectivity index (χ0v) is 23.4. The second-order valence-corrected chi connectivity index (χ2v) is 15.9. The molecule has 0 aromatic heterocycles. The third-order valence-electron chi connectivity index (χ3n) is 12.4. The predicted octanol–water partition coefficient (Wildman–Crippen LogP) is 9.24. The summed E-state index contributed by atoms with van der Waals surface area (Å²) in [5, 5.41) is 0. The molecule has 5 aliphatic carbocycles. The van der Waals surface area contributed by atoms with Gasteiger partial charge in [-0.2, -0.15) is 0 Å². The van der Waals surface area contributed by atoms with Gasteiger partial charge in [0, 0.05) is 11.8 Å². The second kappa shape index (κ2) is 8.39. The van der Waals surface area contributed by atoms with E-state index in [1.807, 2.05) is 0 Å². The highest BCUT2D eigenvalue weighted by Gasteiger charge is 2.67. The topological polar surface area (TPSA) is 17.1 Å². The molecule has 9 atom stereocenters. The SMILES string of the molecule is CC(C)CCC[C@@H](C)[C@H]1CC[C@H]2[C@@H]3CC[C@H]4C[C@@]5(CC[C@]4(C)[C@H]3CC[C@]12C)CC(Cl)(Cl)C5=O. The Morgan fingerprint density at radius 1 is 0.879 bits per heavy atom. The number of carbonyl (C=O) groups excluding carboxylic acids is 1. The summed E-state index contributed by atoms with van der Waals surface area (Å²) in [5.74, 6) is 6.22. The Morgan fingerprint density at radius 2 is 1.61 bits per heavy atom. The van der Waals surface area contributed by atoms with Gasteiger partial charge in [0.05, 0.1) is 0 Å². The van der Waals surface area contributed by atoms with E-state index in [9.17, 15) is 4.79 Å². The quantitative estimate of drug-likeness (QED) is 0.347. The minimum Gasteiger partial charge on any atom is -0.296 e. The Kier molecular flexibility index (Phi) is 6.34. The van der Waals surface area contributed by atoms with Gasteiger partial charge in [-0.15, -0.1) is 0 Å². The van der Waals surface area contributed by atoms with Gasteiger partial charge in [0.25, 0.3) is 0 Å². The Balaban J connectivity index is 1.28. The predicted molar refractivity (Wildman–Crippen MR) is 140 cm³/mol. The van der Waals surface area contributed by atoms with Gasteiger partial charge in [-0.3, -0.25) is 4.79 Å². The second-order valence-electron chi connectivity index (χ2n) is 14.4. The van der Waals surface area contributed by atoms with E-state index in [1.54, 1.807) is 0 Å². The zero-order valence-electron chi connectivity index (χ0n) is 21.9. The molecule has 5 aliphatic rings. The number of hydrogen-bond acceptors (Lipinski definition) is 1. The summed E-state index contributed by atoms with van der Waals surface area (Å²) < 4.78 is -1.09. The average molecular weight is 496 g/mol. The molecule has 33 heavy (non-hydrogen) atoms. The van der Waals surface area contributed by atoms with Crippen molar-refractivity contribution in [1.82, 2.24) is 0 Å². The van der Waals surface area contributed by atoms with Gasteiger partial charge in [-0.05, 0) is 110 Å². The van der Waals surface area contributed by atoms with Crippen LogP contribution in [0.4, 0.5) is 0 Å². The third-order valence-corrected chi connectivity index (χ3v) is 13.0. The van der Waals surface area contributed by atoms with Crippen LogP contribution in [0, 0.1) is 57.7 Å². The molecule has 5 saturated carbocycles. The molecule has 188 valence electrons. The van der Waals surface area contributed by atoms with Crippen molar-refractivity contribution in [2.75, 3.05) is 0 Å². The van der Waals surface area contributed by atoms with E-state index in [4.69, 9.17) is 23.2 Å². The molecular formula is C30H48Cl2O. The molecule has 0 aromatic rings. The first-order valence-electron chi connectivity index (χ1n) is 14.4. The van der Waals surface area contributed by atoms with Crippen LogP contribution in [0.15, 0.2) is 0 Å². The minimum atomic E-state index is -1.09. The van der Waals surface area contributed by atoms with Gasteiger partial charge >= 0.3 is 0 Å². The van der Waals surface area contributed by atoms with Gasteiger partial charge in [0.1, 0.15) is 0 Å². The van der Waals surface area contributed by atoms with Crippen LogP contribution >= 0.6 is 23.2 Å². The van der Waals surface area contributed by atoms with E-state index in [-0.39, 0.29) is 11.2 Å². The number of halogens is 2. The van der Waals surface area contributed by atoms with E-state index < -0.39 is 4.33 Å². The molecule has 1 spiro atoms. The molecule has 5 rings (SSSR count). The van der Waals surface area contributed by atoms with E-state index in [0.717, 1.165) is 48.3 Å². The summed E-state index contributed by atoms with van der Waals surface area (Å²) in [7, 11) is 0. The highest BCUT2D eigenvalue weighted by molar-refractivity contribution is 6.60. The Morgan fingerprint density at radius 3 is 2.27 bits per heavy atom. The van der Waals surface area contributed by atoms with Crippen LogP contribution in [0.25, 0.3) is 0 Å². The smallest absolute Gasteiger partial charge is 0.177 e. The fourth-order valence-corrected chi connectivity index (χ4v) is 11.5. The number of rotatable bonds is 5. The highest BCUT2D eigenvalue weighted by Crippen LogP contribution is 2.71. The lowest BCUT2D eigenvalue weighted by molar-refractivity contribution is -0.163. The molecule has 0 unspecified atom stereocenters. The first kappa shape index (κ1) is 24.9. The normalized spacial score (nSPS) is 49.3. The van der Waals surface area contributed by atoms with E-state index in [0.29, 0.717) is 23.2 Å². The molecule has 5 fully saturated rings. The van der Waals surface area contributed by atoms with Gasteiger partial charge in [-0.1, -0.05) is 77.1 Å². The molecular weight excluding hydrogens is 447 g/mol. The fourth-order valence-electron chi connectivity index (χ4n) is 10.6. The summed E-state index contributed by atoms with van der Waals surface area (Å²) in [6, 6.07) is 0. The molecule has 0 heterocycles. The van der Waals surface area contributed by atoms with Crippen molar-refractivity contribution in [2.24, 2.45) is 57.7 Å². The van der Waals surface area contributed by atoms with Crippen LogP contribution in [0.5, 0.6) is 0 Å². The average Bonchev–Trinajstić information content (AvgIpc) is 3.10. The molecule has 0 saturated heterocycles. The van der Waals surface area contributed by atoms with Crippen LogP contribution < -0.4 is 0 Å². The van der Waals surface area contributed by atoms with Gasteiger partial charge in [-0.25, -0.2) is 0 Å². The van der Waals surface area contributed by atoms with Gasteiger partial charge in [0.15, 0.2) is 10.1 Å². The lowest BCUT2D eigenvalue weighted by atomic mass is 9.41. The van der Waals surface area contributed by atoms with Crippen LogP contribution in [0.3, 0.4) is 0 Å². The van der Waals surface area contributed by atoms with Crippen molar-refractivity contribution < 1.29 is 4.79 Å². The van der Waals surface area contributed by atoms with Crippen LogP contribution in [-0.2, 0) is 4.79 Å². The van der Waals surface area contributed by atoms with Gasteiger partial charge < -0.3 is 0 Å². The highest BCUT2D eigenvalue weighted by atomic mass is 35.5. The standard InChI is InChI=1S/C30H48Cl2O/c1-19(2)7-6-8-20(3)23-11-12-24-22-10-9-21-17-29(18-30(31,32)26(29)33)16-15-27(21,4)25(22)13-14-28(23,24)5/h19-25H,6-18H2,1-5H3/t20-,21+,22+,23-,24+,25+,27+,28-,29+/m1/s1. The first-order valence-corrected chi connectivity index (χ1v) is 15.1. The van der Waals surface area contributed by atoms with Crippen LogP contribution in [-0.4, -0.2) is 10.1 Å². The van der Waals surface area contributed by atoms with E-state index in [2.05, 4.69) is 34.6 Å². The lowest BCUT2D eigenvalue weighted by Gasteiger charge is -2.64. The monoisotopic (exact) mass is 494 g/mol. The molecule has 0 bridgehead atoms. The number of hydrogen-bond donors (Lipinski definition) is 0. The molecule has 0 radical (unpaired) electrons. The largest absolute Gasteiger partial charge is 0.296 e. The number of Topliss-reactive ketones (excluding diaryl/α,β-unsaturated/α-hetero) is 1. The Bertz CT molecular complexity index is 775. The molecule has 0 amide bonds. The number of fused-ring (bicyclic) bond motifs is 5. The molecule has 3 heteroatoms. The summed E-state index contributed by atoms with van der Waals surface area (Å²) >= 11 is 12.6. The van der Waals surface area contributed by atoms with Crippen molar-refractivity contribution in [3.63, 3.8) is 0 Å². The summed E-state index contributed by atoms with van der Waals surface area (Å²) in [4.78, 5) is 12.9. The van der Waals surface area contributed by atoms with Crippen molar-refractivity contribution in [1.29, 1.82) is 0 Å². The van der Waals surface area contributed by atoms with Crippen molar-refractivity contribution >= 4 is 29.0 Å². The van der Waals surface area contributed by atoms with Crippen LogP contribution in [0.1, 0.15) is 118 Å². The number of alkyl halides is 2. The maximum absolute atomic E-state index is 12.9. The van der Waals surface area contributed by atoms with E-state index >= 15 is 0 Å². The maximum atomic E-state index is 12.9. The van der Waals surface area contributed by atoms with Crippen molar-refractivity contribution in [3.8, 4) is 0 Å². The van der Waals surface area contributed by atoms with Gasteiger partial charge in [0.2, 0.25) is 0 Å². The third kappa shape index (κ3) is 3.79. The van der Waals surface area contributed by atoms with Crippen LogP contribution in [0.2, 0.25) is 0 Å². The number of ketones is 1. The zero-order chi connectivity index (χ0) is 23.8. The van der Waals surface area contributed by atoms with Crippen molar-refractivity contribution in [2.45, 2.75) is 122 Å². The first-order chi connectivity index (χ1) is 15.4. The number of carbonyl (C=O) groups is 1. The Labute approximate surface area is 213 Å². The minimum absolute atomic E-state index is 0.142. The molecule has 0 N–H and O–H groups in total. The summed E-state index contributed by atoms with van der Waals surface area (Å²) in [6.45, 7) is 12.6. The Hall–Kier alpha value is 0.250. The molecule has 1 nitrogen and oxygen atoms in total. The molecule has 0 aliphatic heterocycles. The van der Waals surface area contributed by atoms with E-state index in [1.165, 1.54) is 64.2 Å². The lowest BCUT2D eigenvalue weighted by Crippen LogP contribution is -2.62. The summed E-state index contributed by atoms with van der Waals surface area (Å²) in [5.41, 5.74) is 0.805. The maximum Gasteiger partial charge on any atom is 0.177 e.